The van der Waals surface area contributed by atoms with Gasteiger partial charge < -0.3 is 9.64 Å². The van der Waals surface area contributed by atoms with E-state index in [1.165, 1.54) is 32.5 Å². The Balaban J connectivity index is 1.90. The third-order valence-electron chi connectivity index (χ3n) is 3.53. The van der Waals surface area contributed by atoms with Gasteiger partial charge in [-0.15, -0.1) is 0 Å². The number of hydrogen-bond donors (Lipinski definition) is 0. The van der Waals surface area contributed by atoms with Crippen LogP contribution in [0.15, 0.2) is 0 Å². The van der Waals surface area contributed by atoms with E-state index in [4.69, 9.17) is 4.74 Å². The summed E-state index contributed by atoms with van der Waals surface area (Å²) >= 11 is 0. The van der Waals surface area contributed by atoms with Gasteiger partial charge in [-0.1, -0.05) is 13.8 Å². The van der Waals surface area contributed by atoms with E-state index in [2.05, 4.69) is 18.7 Å². The van der Waals surface area contributed by atoms with Crippen molar-refractivity contribution in [2.24, 2.45) is 11.8 Å². The van der Waals surface area contributed by atoms with Crippen LogP contribution in [0.5, 0.6) is 0 Å². The van der Waals surface area contributed by atoms with Crippen LogP contribution in [-0.4, -0.2) is 37.2 Å². The summed E-state index contributed by atoms with van der Waals surface area (Å²) in [5.74, 6) is 1.64. The first-order chi connectivity index (χ1) is 6.29. The molecule has 0 aromatic carbocycles. The van der Waals surface area contributed by atoms with Crippen LogP contribution in [0.1, 0.15) is 26.7 Å². The lowest BCUT2D eigenvalue weighted by Crippen LogP contribution is -2.48. The molecule has 13 heavy (non-hydrogen) atoms. The van der Waals surface area contributed by atoms with Crippen LogP contribution in [0.3, 0.4) is 0 Å². The molecule has 0 radical (unpaired) electrons. The van der Waals surface area contributed by atoms with Crippen LogP contribution < -0.4 is 0 Å². The highest BCUT2D eigenvalue weighted by atomic mass is 16.5. The van der Waals surface area contributed by atoms with Crippen LogP contribution in [0.2, 0.25) is 0 Å². The molecule has 2 saturated heterocycles. The van der Waals surface area contributed by atoms with Crippen molar-refractivity contribution in [1.29, 1.82) is 0 Å². The molecule has 2 aliphatic heterocycles. The third-order valence-corrected chi connectivity index (χ3v) is 3.53. The van der Waals surface area contributed by atoms with Gasteiger partial charge in [0.25, 0.3) is 0 Å². The molecule has 2 fully saturated rings. The fraction of sp³-hybridized carbons (Fsp3) is 1.00. The molecular formula is C11H21NO. The molecule has 3 atom stereocenters. The van der Waals surface area contributed by atoms with E-state index in [0.717, 1.165) is 18.4 Å². The van der Waals surface area contributed by atoms with Gasteiger partial charge >= 0.3 is 0 Å². The normalized spacial score (nSPS) is 41.5. The van der Waals surface area contributed by atoms with Crippen molar-refractivity contribution in [1.82, 2.24) is 4.90 Å². The Morgan fingerprint density at radius 3 is 3.08 bits per heavy atom. The van der Waals surface area contributed by atoms with Gasteiger partial charge in [-0.3, -0.25) is 0 Å². The first-order valence-corrected chi connectivity index (χ1v) is 5.63. The molecule has 0 aromatic rings. The van der Waals surface area contributed by atoms with Gasteiger partial charge in [0.05, 0.1) is 6.10 Å². The fourth-order valence-corrected chi connectivity index (χ4v) is 2.65. The molecule has 0 aromatic heterocycles. The summed E-state index contributed by atoms with van der Waals surface area (Å²) in [5.41, 5.74) is 0. The van der Waals surface area contributed by atoms with Crippen molar-refractivity contribution in [2.75, 3.05) is 26.2 Å². The lowest BCUT2D eigenvalue weighted by molar-refractivity contribution is -0.0881. The van der Waals surface area contributed by atoms with Crippen molar-refractivity contribution in [3.8, 4) is 0 Å². The van der Waals surface area contributed by atoms with Gasteiger partial charge in [-0.2, -0.15) is 0 Å². The minimum absolute atomic E-state index is 0.546. The highest BCUT2D eigenvalue weighted by Gasteiger charge is 2.33. The molecule has 0 amide bonds. The number of ether oxygens (including phenoxy) is 1. The van der Waals surface area contributed by atoms with Crippen LogP contribution in [0.25, 0.3) is 0 Å². The van der Waals surface area contributed by atoms with Crippen molar-refractivity contribution >= 4 is 0 Å². The van der Waals surface area contributed by atoms with Crippen molar-refractivity contribution in [2.45, 2.75) is 32.8 Å². The molecule has 0 spiro atoms. The fourth-order valence-electron chi connectivity index (χ4n) is 2.65. The lowest BCUT2D eigenvalue weighted by atomic mass is 9.84. The zero-order valence-electron chi connectivity index (χ0n) is 8.83. The second-order valence-corrected chi connectivity index (χ2v) is 4.65. The quantitative estimate of drug-likeness (QED) is 0.614. The van der Waals surface area contributed by atoms with Crippen LogP contribution >= 0.6 is 0 Å². The van der Waals surface area contributed by atoms with Gasteiger partial charge in [-0.25, -0.2) is 0 Å². The summed E-state index contributed by atoms with van der Waals surface area (Å²) < 4.78 is 5.88. The molecule has 0 saturated carbocycles. The average molecular weight is 183 g/mol. The number of hydrogen-bond acceptors (Lipinski definition) is 2. The van der Waals surface area contributed by atoms with Gasteiger partial charge in [0.2, 0.25) is 0 Å². The summed E-state index contributed by atoms with van der Waals surface area (Å²) in [6.07, 6.45) is 3.29. The Morgan fingerprint density at radius 1 is 1.46 bits per heavy atom. The van der Waals surface area contributed by atoms with Gasteiger partial charge in [-0.05, 0) is 37.8 Å². The molecular weight excluding hydrogens is 162 g/mol. The standard InChI is InChI=1S/C11H21NO/c1-3-12-5-4-10-6-9(2)8-13-11(10)7-12/h9-11H,3-8H2,1-2H3. The van der Waals surface area contributed by atoms with E-state index in [1.807, 2.05) is 0 Å². The van der Waals surface area contributed by atoms with Gasteiger partial charge in [0.15, 0.2) is 0 Å². The van der Waals surface area contributed by atoms with Crippen LogP contribution in [0, 0.1) is 11.8 Å². The average Bonchev–Trinajstić information content (AvgIpc) is 2.17. The lowest BCUT2D eigenvalue weighted by Gasteiger charge is -2.42. The first-order valence-electron chi connectivity index (χ1n) is 5.63. The molecule has 0 aliphatic carbocycles. The van der Waals surface area contributed by atoms with Gasteiger partial charge in [0.1, 0.15) is 0 Å². The van der Waals surface area contributed by atoms with Crippen molar-refractivity contribution in [3.63, 3.8) is 0 Å². The molecule has 3 unspecified atom stereocenters. The van der Waals surface area contributed by atoms with E-state index in [1.54, 1.807) is 0 Å². The zero-order chi connectivity index (χ0) is 9.26. The smallest absolute Gasteiger partial charge is 0.0730 e. The highest BCUT2D eigenvalue weighted by Crippen LogP contribution is 2.31. The van der Waals surface area contributed by atoms with E-state index in [0.29, 0.717) is 6.10 Å². The van der Waals surface area contributed by atoms with E-state index in [9.17, 15) is 0 Å². The molecule has 2 heterocycles. The molecule has 76 valence electrons. The summed E-state index contributed by atoms with van der Waals surface area (Å²) in [7, 11) is 0. The minimum Gasteiger partial charge on any atom is -0.376 e. The molecule has 0 bridgehead atoms. The summed E-state index contributed by atoms with van der Waals surface area (Å²) in [6, 6.07) is 0. The van der Waals surface area contributed by atoms with Crippen LogP contribution in [0.4, 0.5) is 0 Å². The number of piperidine rings is 1. The topological polar surface area (TPSA) is 12.5 Å². The Kier molecular flexibility index (Phi) is 2.89. The Bertz CT molecular complexity index is 171. The number of rotatable bonds is 1. The largest absolute Gasteiger partial charge is 0.376 e. The zero-order valence-corrected chi connectivity index (χ0v) is 8.83. The summed E-state index contributed by atoms with van der Waals surface area (Å²) in [6.45, 7) is 9.18. The Labute approximate surface area is 81.3 Å². The third kappa shape index (κ3) is 2.05. The van der Waals surface area contributed by atoms with Crippen molar-refractivity contribution in [3.05, 3.63) is 0 Å². The molecule has 2 nitrogen and oxygen atoms in total. The Hall–Kier alpha value is -0.0800. The van der Waals surface area contributed by atoms with E-state index >= 15 is 0 Å². The molecule has 0 N–H and O–H groups in total. The maximum Gasteiger partial charge on any atom is 0.0730 e. The minimum atomic E-state index is 0.546. The monoisotopic (exact) mass is 183 g/mol. The summed E-state index contributed by atoms with van der Waals surface area (Å²) in [5, 5.41) is 0. The summed E-state index contributed by atoms with van der Waals surface area (Å²) in [4.78, 5) is 2.51. The number of likely N-dealkylation sites (tertiary alicyclic amines) is 1. The van der Waals surface area contributed by atoms with Crippen molar-refractivity contribution < 1.29 is 4.74 Å². The Morgan fingerprint density at radius 2 is 2.31 bits per heavy atom. The predicted octanol–water partition coefficient (Wildman–Crippen LogP) is 1.75. The predicted molar refractivity (Wildman–Crippen MR) is 53.7 cm³/mol. The second-order valence-electron chi connectivity index (χ2n) is 4.65. The molecule has 2 aliphatic rings. The first kappa shape index (κ1) is 9.47. The highest BCUT2D eigenvalue weighted by molar-refractivity contribution is 4.84. The molecule has 2 rings (SSSR count). The maximum atomic E-state index is 5.88. The molecule has 2 heteroatoms. The SMILES string of the molecule is CCN1CCC2CC(C)COC2C1. The second kappa shape index (κ2) is 3.97. The van der Waals surface area contributed by atoms with Gasteiger partial charge in [0, 0.05) is 13.2 Å². The number of fused-ring (bicyclic) bond motifs is 1. The number of likely N-dealkylation sites (N-methyl/N-ethyl adjacent to an activating group) is 1. The van der Waals surface area contributed by atoms with E-state index in [-0.39, 0.29) is 0 Å². The van der Waals surface area contributed by atoms with E-state index < -0.39 is 0 Å². The maximum absolute atomic E-state index is 5.88. The number of nitrogens with zero attached hydrogens (tertiary/aromatic N) is 1. The van der Waals surface area contributed by atoms with Crippen LogP contribution in [-0.2, 0) is 4.74 Å².